The third kappa shape index (κ3) is 0.820. The molecular formula is C12H14BrN3S. The SMILES string of the molecule is NC(=S)N/N=C1/[C@H]2[C@@H]3C[C@@H]4[C@@H]5[C@@H](Br)[C@H]([C@H]1[C@H]35)[C@@H]42. The first-order valence-corrected chi connectivity index (χ1v) is 7.79. The highest BCUT2D eigenvalue weighted by atomic mass is 79.9. The molecule has 6 aliphatic carbocycles. The minimum Gasteiger partial charge on any atom is -0.375 e. The van der Waals surface area contributed by atoms with Crippen LogP contribution in [0, 0.1) is 47.3 Å². The number of nitrogens with zero attached hydrogens (tertiary/aromatic N) is 1. The van der Waals surface area contributed by atoms with E-state index in [9.17, 15) is 0 Å². The maximum atomic E-state index is 5.49. The van der Waals surface area contributed by atoms with Crippen molar-refractivity contribution in [2.75, 3.05) is 0 Å². The first-order valence-electron chi connectivity index (χ1n) is 6.47. The summed E-state index contributed by atoms with van der Waals surface area (Å²) in [4.78, 5) is 0.764. The van der Waals surface area contributed by atoms with Gasteiger partial charge in [-0.2, -0.15) is 5.10 Å². The summed E-state index contributed by atoms with van der Waals surface area (Å²) >= 11 is 8.82. The second-order valence-electron chi connectivity index (χ2n) is 6.38. The topological polar surface area (TPSA) is 50.4 Å². The first-order chi connectivity index (χ1) is 8.20. The molecule has 0 aromatic carbocycles. The molecule has 0 radical (unpaired) electrons. The van der Waals surface area contributed by atoms with Gasteiger partial charge in [-0.3, -0.25) is 5.43 Å². The molecule has 0 spiro atoms. The summed E-state index contributed by atoms with van der Waals surface area (Å²) in [5.41, 5.74) is 9.73. The average Bonchev–Trinajstić information content (AvgIpc) is 2.97. The summed E-state index contributed by atoms with van der Waals surface area (Å²) in [6, 6.07) is 0. The molecule has 6 rings (SSSR count). The maximum Gasteiger partial charge on any atom is 0.184 e. The zero-order valence-electron chi connectivity index (χ0n) is 9.21. The molecule has 0 saturated heterocycles. The van der Waals surface area contributed by atoms with Crippen LogP contribution in [0.5, 0.6) is 0 Å². The standard InChI is InChI=1S/C12H14BrN3S/c13-10-6-2-1-3-4(6)9-8(10)5(2)7(3)11(9)15-16-12(14)17/h2-10H,1H2,(H3,14,16,17)/b15-11-/t2-,3+,4+,5-,6-,7-,8-,9+,10+/m0/s1. The largest absolute Gasteiger partial charge is 0.375 e. The summed E-state index contributed by atoms with van der Waals surface area (Å²) in [6.07, 6.45) is 1.46. The van der Waals surface area contributed by atoms with Crippen LogP contribution in [0.1, 0.15) is 6.42 Å². The Balaban J connectivity index is 1.62. The van der Waals surface area contributed by atoms with Crippen molar-refractivity contribution in [1.29, 1.82) is 0 Å². The average molecular weight is 312 g/mol. The second kappa shape index (κ2) is 2.72. The van der Waals surface area contributed by atoms with E-state index in [0.29, 0.717) is 5.11 Å². The lowest BCUT2D eigenvalue weighted by molar-refractivity contribution is 0.132. The van der Waals surface area contributed by atoms with Crippen LogP contribution in [-0.4, -0.2) is 15.7 Å². The van der Waals surface area contributed by atoms with Gasteiger partial charge >= 0.3 is 0 Å². The van der Waals surface area contributed by atoms with E-state index >= 15 is 0 Å². The number of hydrogen-bond donors (Lipinski definition) is 2. The highest BCUT2D eigenvalue weighted by Crippen LogP contribution is 2.82. The fourth-order valence-electron chi connectivity index (χ4n) is 6.49. The van der Waals surface area contributed by atoms with Gasteiger partial charge in [0.2, 0.25) is 0 Å². The molecule has 9 atom stereocenters. The van der Waals surface area contributed by atoms with Gasteiger partial charge in [0.15, 0.2) is 5.11 Å². The van der Waals surface area contributed by atoms with Crippen molar-refractivity contribution in [2.45, 2.75) is 11.2 Å². The van der Waals surface area contributed by atoms with Crippen LogP contribution in [0.15, 0.2) is 5.10 Å². The highest BCUT2D eigenvalue weighted by molar-refractivity contribution is 9.09. The number of hydrogen-bond acceptors (Lipinski definition) is 2. The van der Waals surface area contributed by atoms with Crippen molar-refractivity contribution in [3.63, 3.8) is 0 Å². The van der Waals surface area contributed by atoms with Crippen molar-refractivity contribution in [1.82, 2.24) is 5.43 Å². The van der Waals surface area contributed by atoms with E-state index in [1.165, 1.54) is 12.1 Å². The minimum absolute atomic E-state index is 0.297. The molecule has 6 aliphatic rings. The lowest BCUT2D eigenvalue weighted by atomic mass is 9.71. The summed E-state index contributed by atoms with van der Waals surface area (Å²) in [5, 5.41) is 4.85. The number of rotatable bonds is 1. The van der Waals surface area contributed by atoms with Crippen LogP contribution in [0.25, 0.3) is 0 Å². The number of alkyl halides is 1. The third-order valence-electron chi connectivity index (χ3n) is 6.34. The maximum absolute atomic E-state index is 5.49. The monoisotopic (exact) mass is 311 g/mol. The number of nitrogens with one attached hydrogen (secondary N) is 1. The van der Waals surface area contributed by atoms with Gasteiger partial charge in [0.1, 0.15) is 0 Å². The second-order valence-corrected chi connectivity index (χ2v) is 7.88. The molecule has 6 saturated carbocycles. The van der Waals surface area contributed by atoms with Crippen molar-refractivity contribution in [3.05, 3.63) is 0 Å². The normalized spacial score (nSPS) is 65.7. The fourth-order valence-corrected chi connectivity index (χ4v) is 7.97. The Kier molecular flexibility index (Phi) is 1.55. The van der Waals surface area contributed by atoms with Gasteiger partial charge in [0.25, 0.3) is 0 Å². The number of hydrazone groups is 1. The zero-order valence-corrected chi connectivity index (χ0v) is 11.6. The van der Waals surface area contributed by atoms with Gasteiger partial charge in [0.05, 0.1) is 0 Å². The molecule has 0 aromatic rings. The van der Waals surface area contributed by atoms with Crippen LogP contribution in [0.4, 0.5) is 0 Å². The molecular weight excluding hydrogens is 298 g/mol. The molecule has 6 bridgehead atoms. The fraction of sp³-hybridized carbons (Fsp3) is 0.833. The van der Waals surface area contributed by atoms with Crippen LogP contribution >= 0.6 is 28.1 Å². The molecule has 0 amide bonds. The van der Waals surface area contributed by atoms with Gasteiger partial charge < -0.3 is 5.73 Å². The molecule has 0 heterocycles. The van der Waals surface area contributed by atoms with E-state index in [4.69, 9.17) is 18.0 Å². The number of halogens is 1. The summed E-state index contributed by atoms with van der Waals surface area (Å²) in [7, 11) is 0. The highest BCUT2D eigenvalue weighted by Gasteiger charge is 2.82. The van der Waals surface area contributed by atoms with Gasteiger partial charge in [-0.15, -0.1) is 0 Å². The van der Waals surface area contributed by atoms with Gasteiger partial charge in [-0.1, -0.05) is 15.9 Å². The Morgan fingerprint density at radius 3 is 2.71 bits per heavy atom. The molecule has 6 fully saturated rings. The summed E-state index contributed by atoms with van der Waals surface area (Å²) in [5.74, 6) is 7.11. The Morgan fingerprint density at radius 1 is 1.24 bits per heavy atom. The van der Waals surface area contributed by atoms with E-state index in [1.54, 1.807) is 0 Å². The van der Waals surface area contributed by atoms with Crippen molar-refractivity contribution >= 4 is 39.0 Å². The predicted molar refractivity (Wildman–Crippen MR) is 72.6 cm³/mol. The Labute approximate surface area is 114 Å². The van der Waals surface area contributed by atoms with Crippen LogP contribution < -0.4 is 11.2 Å². The summed E-state index contributed by atoms with van der Waals surface area (Å²) < 4.78 is 0. The quantitative estimate of drug-likeness (QED) is 0.436. The smallest absolute Gasteiger partial charge is 0.184 e. The third-order valence-corrected chi connectivity index (χ3v) is 7.65. The summed E-state index contributed by atoms with van der Waals surface area (Å²) in [6.45, 7) is 0. The molecule has 0 aliphatic heterocycles. The minimum atomic E-state index is 0.297. The molecule has 5 heteroatoms. The van der Waals surface area contributed by atoms with E-state index < -0.39 is 0 Å². The molecule has 90 valence electrons. The van der Waals surface area contributed by atoms with Gasteiger partial charge in [0, 0.05) is 22.4 Å². The molecule has 0 aromatic heterocycles. The van der Waals surface area contributed by atoms with E-state index in [-0.39, 0.29) is 0 Å². The Morgan fingerprint density at radius 2 is 2.00 bits per heavy atom. The lowest BCUT2D eigenvalue weighted by Gasteiger charge is -2.32. The molecule has 0 unspecified atom stereocenters. The predicted octanol–water partition coefficient (Wildman–Crippen LogP) is 1.33. The number of thiocarbonyl (C=S) groups is 1. The van der Waals surface area contributed by atoms with E-state index in [1.807, 2.05) is 0 Å². The Hall–Kier alpha value is -0.160. The molecule has 3 nitrogen and oxygen atoms in total. The van der Waals surface area contributed by atoms with Crippen LogP contribution in [0.3, 0.4) is 0 Å². The van der Waals surface area contributed by atoms with E-state index in [2.05, 4.69) is 26.5 Å². The van der Waals surface area contributed by atoms with Gasteiger partial charge in [-0.05, 0) is 54.1 Å². The Bertz CT molecular complexity index is 476. The van der Waals surface area contributed by atoms with Crippen molar-refractivity contribution in [3.8, 4) is 0 Å². The lowest BCUT2D eigenvalue weighted by Crippen LogP contribution is -2.30. The number of nitrogens with two attached hydrogens (primary N) is 1. The van der Waals surface area contributed by atoms with Crippen LogP contribution in [0.2, 0.25) is 0 Å². The zero-order chi connectivity index (χ0) is 11.5. The van der Waals surface area contributed by atoms with Crippen LogP contribution in [-0.2, 0) is 0 Å². The van der Waals surface area contributed by atoms with Crippen molar-refractivity contribution in [2.24, 2.45) is 58.2 Å². The molecule has 17 heavy (non-hydrogen) atoms. The van der Waals surface area contributed by atoms with Crippen molar-refractivity contribution < 1.29 is 0 Å². The first kappa shape index (κ1) is 9.73. The van der Waals surface area contributed by atoms with E-state index in [0.717, 1.165) is 52.2 Å². The molecule has 3 N–H and O–H groups in total. The van der Waals surface area contributed by atoms with Gasteiger partial charge in [-0.25, -0.2) is 0 Å².